The van der Waals surface area contributed by atoms with Gasteiger partial charge in [-0.05, 0) is 31.0 Å². The van der Waals surface area contributed by atoms with E-state index in [9.17, 15) is 31.6 Å². The highest BCUT2D eigenvalue weighted by molar-refractivity contribution is 7.92. The minimum Gasteiger partial charge on any atom is -0.370 e. The maximum absolute atomic E-state index is 14.1. The zero-order chi connectivity index (χ0) is 24.8. The Morgan fingerprint density at radius 3 is 2.48 bits per heavy atom. The Morgan fingerprint density at radius 2 is 1.94 bits per heavy atom. The molecule has 0 saturated heterocycles. The molecule has 1 aromatic heterocycles. The van der Waals surface area contributed by atoms with E-state index in [0.717, 1.165) is 36.2 Å². The van der Waals surface area contributed by atoms with Crippen LogP contribution >= 0.6 is 0 Å². The Labute approximate surface area is 187 Å². The molecular formula is C19H22F2N6O5S. The number of nitrogens with zero attached hydrogens (tertiary/aromatic N) is 1. The standard InChI is InChI=1S/C19H22F2N6O5S/c1-11(29)27(12(10-28)4-3-8-25-19(22)23)15-7-9-24-18(30)16(15)26-33(31,32)17-13(20)5-2-6-14(17)21/h2,5-7,9-10,12,26H,3-4,8H2,1H3,(H,24,30)(H4,22,23,25)/t12-/m0/s1. The van der Waals surface area contributed by atoms with E-state index in [1.807, 2.05) is 4.72 Å². The average molecular weight is 484 g/mol. The first kappa shape index (κ1) is 25.5. The van der Waals surface area contributed by atoms with E-state index in [2.05, 4.69) is 10.3 Å². The highest BCUT2D eigenvalue weighted by Crippen LogP contribution is 2.28. The van der Waals surface area contributed by atoms with Crippen LogP contribution in [0.5, 0.6) is 0 Å². The van der Waals surface area contributed by atoms with Gasteiger partial charge in [-0.15, -0.1) is 0 Å². The number of nitrogens with one attached hydrogen (secondary N) is 4. The van der Waals surface area contributed by atoms with Gasteiger partial charge in [-0.3, -0.25) is 19.7 Å². The monoisotopic (exact) mass is 484 g/mol. The maximum Gasteiger partial charge on any atom is 0.274 e. The number of H-pyrrole nitrogens is 1. The lowest BCUT2D eigenvalue weighted by Crippen LogP contribution is -2.42. The average Bonchev–Trinajstić information content (AvgIpc) is 2.71. The van der Waals surface area contributed by atoms with Crippen LogP contribution in [0.1, 0.15) is 19.8 Å². The fourth-order valence-electron chi connectivity index (χ4n) is 3.07. The minimum absolute atomic E-state index is 0.0737. The van der Waals surface area contributed by atoms with Crippen molar-refractivity contribution in [3.05, 3.63) is 52.5 Å². The Balaban J connectivity index is 2.49. The minimum atomic E-state index is -4.94. The summed E-state index contributed by atoms with van der Waals surface area (Å²) in [6.45, 7) is 1.31. The second-order valence-electron chi connectivity index (χ2n) is 6.80. The van der Waals surface area contributed by atoms with E-state index in [1.165, 1.54) is 6.07 Å². The van der Waals surface area contributed by atoms with Crippen molar-refractivity contribution < 1.29 is 26.8 Å². The van der Waals surface area contributed by atoms with Crippen LogP contribution in [-0.4, -0.2) is 44.1 Å². The van der Waals surface area contributed by atoms with Gasteiger partial charge in [0.15, 0.2) is 10.9 Å². The summed E-state index contributed by atoms with van der Waals surface area (Å²) in [5, 5.41) is 9.66. The molecule has 2 rings (SSSR count). The molecule has 0 bridgehead atoms. The fraction of sp³-hybridized carbons (Fsp3) is 0.263. The van der Waals surface area contributed by atoms with Crippen LogP contribution in [0.25, 0.3) is 0 Å². The lowest BCUT2D eigenvalue weighted by molar-refractivity contribution is -0.119. The van der Waals surface area contributed by atoms with Crippen LogP contribution in [0.3, 0.4) is 0 Å². The number of rotatable bonds is 10. The largest absolute Gasteiger partial charge is 0.370 e. The van der Waals surface area contributed by atoms with E-state index >= 15 is 0 Å². The molecule has 0 aliphatic carbocycles. The van der Waals surface area contributed by atoms with Crippen molar-refractivity contribution in [2.24, 2.45) is 5.73 Å². The molecule has 14 heteroatoms. The van der Waals surface area contributed by atoms with Gasteiger partial charge >= 0.3 is 0 Å². The number of benzene rings is 1. The molecule has 2 aromatic rings. The molecule has 0 aliphatic rings. The molecule has 0 radical (unpaired) electrons. The first-order valence-corrected chi connectivity index (χ1v) is 11.0. The molecule has 0 spiro atoms. The molecule has 1 amide bonds. The predicted octanol–water partition coefficient (Wildman–Crippen LogP) is 0.638. The molecular weight excluding hydrogens is 462 g/mol. The first-order valence-electron chi connectivity index (χ1n) is 9.51. The van der Waals surface area contributed by atoms with Crippen molar-refractivity contribution in [2.75, 3.05) is 16.2 Å². The van der Waals surface area contributed by atoms with Gasteiger partial charge in [0.2, 0.25) is 5.91 Å². The van der Waals surface area contributed by atoms with Crippen LogP contribution in [0.15, 0.2) is 40.2 Å². The summed E-state index contributed by atoms with van der Waals surface area (Å²) >= 11 is 0. The topological polar surface area (TPSA) is 178 Å². The Kier molecular flexibility index (Phi) is 8.23. The lowest BCUT2D eigenvalue weighted by Gasteiger charge is -2.29. The number of hydrogen-bond donors (Lipinski definition) is 5. The van der Waals surface area contributed by atoms with Crippen molar-refractivity contribution in [2.45, 2.75) is 30.7 Å². The molecule has 33 heavy (non-hydrogen) atoms. The van der Waals surface area contributed by atoms with Crippen molar-refractivity contribution in [3.63, 3.8) is 0 Å². The summed E-state index contributed by atoms with van der Waals surface area (Å²) in [4.78, 5) is 38.4. The second-order valence-corrected chi connectivity index (χ2v) is 8.42. The summed E-state index contributed by atoms with van der Waals surface area (Å²) in [6, 6.07) is 2.48. The fourth-order valence-corrected chi connectivity index (χ4v) is 4.28. The van der Waals surface area contributed by atoms with Gasteiger partial charge in [0.05, 0.1) is 11.7 Å². The van der Waals surface area contributed by atoms with Gasteiger partial charge < -0.3 is 25.7 Å². The Bertz CT molecular complexity index is 1200. The van der Waals surface area contributed by atoms with Crippen molar-refractivity contribution in [1.29, 1.82) is 5.41 Å². The lowest BCUT2D eigenvalue weighted by atomic mass is 10.1. The Hall–Kier alpha value is -3.81. The van der Waals surface area contributed by atoms with Crippen molar-refractivity contribution in [3.8, 4) is 0 Å². The van der Waals surface area contributed by atoms with E-state index in [4.69, 9.17) is 11.1 Å². The summed E-state index contributed by atoms with van der Waals surface area (Å²) in [6.07, 6.45) is 1.92. The zero-order valence-electron chi connectivity index (χ0n) is 17.4. The van der Waals surface area contributed by atoms with Gasteiger partial charge in [-0.25, -0.2) is 17.2 Å². The number of hydrogen-bond acceptors (Lipinski definition) is 6. The molecule has 1 aromatic carbocycles. The first-order chi connectivity index (χ1) is 15.5. The van der Waals surface area contributed by atoms with Crippen molar-refractivity contribution in [1.82, 2.24) is 10.3 Å². The zero-order valence-corrected chi connectivity index (χ0v) is 18.2. The van der Waals surface area contributed by atoms with Gasteiger partial charge in [-0.1, -0.05) is 6.07 Å². The smallest absolute Gasteiger partial charge is 0.274 e. The van der Waals surface area contributed by atoms with Gasteiger partial charge in [0.1, 0.15) is 23.6 Å². The maximum atomic E-state index is 14.1. The number of guanidine groups is 1. The van der Waals surface area contributed by atoms with Crippen molar-refractivity contribution >= 4 is 39.6 Å². The number of halogens is 2. The predicted molar refractivity (Wildman–Crippen MR) is 116 cm³/mol. The van der Waals surface area contributed by atoms with Crippen LogP contribution in [0, 0.1) is 17.0 Å². The molecule has 178 valence electrons. The third-order valence-electron chi connectivity index (χ3n) is 4.44. The number of amides is 1. The van der Waals surface area contributed by atoms with Gasteiger partial charge in [0, 0.05) is 19.7 Å². The molecule has 6 N–H and O–H groups in total. The number of nitrogens with two attached hydrogens (primary N) is 1. The third-order valence-corrected chi connectivity index (χ3v) is 5.84. The third kappa shape index (κ3) is 6.12. The highest BCUT2D eigenvalue weighted by Gasteiger charge is 2.30. The highest BCUT2D eigenvalue weighted by atomic mass is 32.2. The van der Waals surface area contributed by atoms with E-state index in [-0.39, 0.29) is 31.0 Å². The quantitative estimate of drug-likeness (QED) is 0.142. The molecule has 11 nitrogen and oxygen atoms in total. The molecule has 1 atom stereocenters. The molecule has 1 heterocycles. The SMILES string of the molecule is CC(=O)N(c1cc[nH]c(=O)c1NS(=O)(=O)c1c(F)cccc1F)[C@H](C=O)CCCNC(=N)N. The summed E-state index contributed by atoms with van der Waals surface area (Å²) in [5.74, 6) is -3.75. The number of aromatic nitrogens is 1. The van der Waals surface area contributed by atoms with Crippen LogP contribution in [0.2, 0.25) is 0 Å². The summed E-state index contributed by atoms with van der Waals surface area (Å²) < 4.78 is 55.4. The van der Waals surface area contributed by atoms with Gasteiger partial charge in [-0.2, -0.15) is 0 Å². The normalized spacial score (nSPS) is 12.0. The molecule has 0 aliphatic heterocycles. The number of carbonyl (C=O) groups is 2. The molecule has 0 unspecified atom stereocenters. The summed E-state index contributed by atoms with van der Waals surface area (Å²) in [7, 11) is -4.94. The van der Waals surface area contributed by atoms with Crippen LogP contribution in [0.4, 0.5) is 20.2 Å². The number of aromatic amines is 1. The number of carbonyl (C=O) groups excluding carboxylic acids is 2. The van der Waals surface area contributed by atoms with Crippen LogP contribution < -0.4 is 26.2 Å². The van der Waals surface area contributed by atoms with E-state index in [1.54, 1.807) is 0 Å². The number of aldehydes is 1. The second kappa shape index (κ2) is 10.7. The number of pyridine rings is 1. The Morgan fingerprint density at radius 1 is 1.30 bits per heavy atom. The number of anilines is 2. The molecule has 0 fully saturated rings. The summed E-state index contributed by atoms with van der Waals surface area (Å²) in [5.41, 5.74) is 3.18. The van der Waals surface area contributed by atoms with Crippen LogP contribution in [-0.2, 0) is 19.6 Å². The number of sulfonamides is 1. The molecule has 0 saturated carbocycles. The van der Waals surface area contributed by atoms with E-state index in [0.29, 0.717) is 6.29 Å². The van der Waals surface area contributed by atoms with Gasteiger partial charge in [0.25, 0.3) is 15.6 Å². The van der Waals surface area contributed by atoms with E-state index < -0.39 is 49.7 Å².